The number of β-amino-alcohol motifs (C(OH)–C–C–N with tert-alkyl or cyclic N) is 1. The Labute approximate surface area is 150 Å². The average molecular weight is 360 g/mol. The van der Waals surface area contributed by atoms with Crippen LogP contribution in [-0.2, 0) is 0 Å². The number of aromatic nitrogens is 2. The van der Waals surface area contributed by atoms with Crippen molar-refractivity contribution in [3.05, 3.63) is 38.5 Å². The van der Waals surface area contributed by atoms with E-state index in [1.165, 1.54) is 0 Å². The molecule has 1 aliphatic carbocycles. The lowest BCUT2D eigenvalue weighted by Crippen LogP contribution is -2.46. The number of rotatable bonds is 3. The fourth-order valence-corrected chi connectivity index (χ4v) is 4.03. The summed E-state index contributed by atoms with van der Waals surface area (Å²) in [6, 6.07) is 3.65. The highest BCUT2D eigenvalue weighted by Gasteiger charge is 2.31. The van der Waals surface area contributed by atoms with Gasteiger partial charge < -0.3 is 21.0 Å². The Morgan fingerprint density at radius 1 is 1.23 bits per heavy atom. The molecular formula is C18H24N4O4. The summed E-state index contributed by atoms with van der Waals surface area (Å²) in [6.07, 6.45) is 1.88. The summed E-state index contributed by atoms with van der Waals surface area (Å²) in [5.74, 6) is 5.59. The lowest BCUT2D eigenvalue weighted by atomic mass is 9.94. The predicted octanol–water partition coefficient (Wildman–Crippen LogP) is -0.300. The number of anilines is 1. The molecule has 1 saturated carbocycles. The molecule has 2 heterocycles. The molecule has 2 aliphatic rings. The van der Waals surface area contributed by atoms with Crippen molar-refractivity contribution in [1.82, 2.24) is 9.24 Å². The first-order chi connectivity index (χ1) is 12.4. The van der Waals surface area contributed by atoms with Crippen LogP contribution in [0.15, 0.2) is 21.7 Å². The summed E-state index contributed by atoms with van der Waals surface area (Å²) < 4.78 is 2.34. The first-order valence-corrected chi connectivity index (χ1v) is 9.03. The van der Waals surface area contributed by atoms with Crippen molar-refractivity contribution >= 4 is 16.6 Å². The highest BCUT2D eigenvalue weighted by Crippen LogP contribution is 2.38. The molecule has 2 fully saturated rings. The minimum atomic E-state index is -0.605. The molecule has 4 rings (SSSR count). The zero-order valence-corrected chi connectivity index (χ0v) is 14.8. The van der Waals surface area contributed by atoms with Gasteiger partial charge in [-0.05, 0) is 43.9 Å². The first-order valence-electron chi connectivity index (χ1n) is 9.03. The van der Waals surface area contributed by atoms with E-state index in [9.17, 15) is 19.8 Å². The van der Waals surface area contributed by atoms with Crippen molar-refractivity contribution in [3.8, 4) is 0 Å². The van der Waals surface area contributed by atoms with E-state index in [2.05, 4.69) is 4.90 Å². The van der Waals surface area contributed by atoms with Crippen LogP contribution in [0, 0.1) is 12.8 Å². The molecule has 2 atom stereocenters. The van der Waals surface area contributed by atoms with Gasteiger partial charge in [0.15, 0.2) is 0 Å². The molecule has 0 amide bonds. The summed E-state index contributed by atoms with van der Waals surface area (Å²) in [7, 11) is 0. The second-order valence-corrected chi connectivity index (χ2v) is 7.41. The van der Waals surface area contributed by atoms with Crippen molar-refractivity contribution < 1.29 is 10.2 Å². The second-order valence-electron chi connectivity index (χ2n) is 7.41. The van der Waals surface area contributed by atoms with Crippen LogP contribution in [0.3, 0.4) is 0 Å². The normalized spacial score (nSPS) is 23.6. The SMILES string of the molecule is Cc1c(N2CCC(CO)C(O)C2)ccc2c(=O)n(N)c(=O)n(C3CC3)c12. The van der Waals surface area contributed by atoms with Gasteiger partial charge in [-0.15, -0.1) is 0 Å². The van der Waals surface area contributed by atoms with E-state index in [1.54, 1.807) is 10.6 Å². The number of benzene rings is 1. The number of aliphatic hydroxyl groups is 2. The summed E-state index contributed by atoms with van der Waals surface area (Å²) in [6.45, 7) is 3.00. The van der Waals surface area contributed by atoms with E-state index < -0.39 is 17.4 Å². The zero-order valence-electron chi connectivity index (χ0n) is 14.8. The number of nitrogen functional groups attached to an aromatic ring is 1. The third-order valence-corrected chi connectivity index (χ3v) is 5.71. The maximum absolute atomic E-state index is 12.6. The number of aliphatic hydroxyl groups excluding tert-OH is 2. The maximum atomic E-state index is 12.6. The molecule has 0 spiro atoms. The number of aryl methyl sites for hydroxylation is 1. The van der Waals surface area contributed by atoms with E-state index in [4.69, 9.17) is 5.84 Å². The van der Waals surface area contributed by atoms with Crippen LogP contribution in [0.25, 0.3) is 10.9 Å². The molecule has 1 saturated heterocycles. The summed E-state index contributed by atoms with van der Waals surface area (Å²) in [4.78, 5) is 27.1. The average Bonchev–Trinajstić information content (AvgIpc) is 3.45. The zero-order chi connectivity index (χ0) is 18.6. The number of hydrogen-bond donors (Lipinski definition) is 3. The van der Waals surface area contributed by atoms with Crippen LogP contribution in [0.5, 0.6) is 0 Å². The van der Waals surface area contributed by atoms with Crippen LogP contribution in [0.4, 0.5) is 5.69 Å². The van der Waals surface area contributed by atoms with Crippen LogP contribution < -0.4 is 22.0 Å². The second kappa shape index (κ2) is 6.14. The molecule has 8 heteroatoms. The highest BCUT2D eigenvalue weighted by atomic mass is 16.3. The molecule has 26 heavy (non-hydrogen) atoms. The third-order valence-electron chi connectivity index (χ3n) is 5.71. The van der Waals surface area contributed by atoms with Gasteiger partial charge in [-0.3, -0.25) is 9.36 Å². The molecule has 1 aromatic heterocycles. The Hall–Kier alpha value is -2.32. The van der Waals surface area contributed by atoms with Gasteiger partial charge >= 0.3 is 5.69 Å². The molecule has 140 valence electrons. The van der Waals surface area contributed by atoms with E-state index in [1.807, 2.05) is 13.0 Å². The molecule has 0 radical (unpaired) electrons. The lowest BCUT2D eigenvalue weighted by molar-refractivity contribution is 0.0548. The number of fused-ring (bicyclic) bond motifs is 1. The topological polar surface area (TPSA) is 114 Å². The molecular weight excluding hydrogens is 336 g/mol. The van der Waals surface area contributed by atoms with Gasteiger partial charge in [0.1, 0.15) is 0 Å². The molecule has 4 N–H and O–H groups in total. The van der Waals surface area contributed by atoms with Gasteiger partial charge in [0, 0.05) is 37.3 Å². The van der Waals surface area contributed by atoms with E-state index >= 15 is 0 Å². The largest absolute Gasteiger partial charge is 0.396 e. The Balaban J connectivity index is 1.88. The van der Waals surface area contributed by atoms with Crippen molar-refractivity contribution in [2.45, 2.75) is 38.3 Å². The van der Waals surface area contributed by atoms with Crippen LogP contribution >= 0.6 is 0 Å². The molecule has 1 aromatic carbocycles. The van der Waals surface area contributed by atoms with Gasteiger partial charge in [-0.1, -0.05) is 0 Å². The van der Waals surface area contributed by atoms with Crippen LogP contribution in [-0.4, -0.2) is 45.3 Å². The Kier molecular flexibility index (Phi) is 4.04. The Morgan fingerprint density at radius 3 is 2.58 bits per heavy atom. The standard InChI is InChI=1S/C18H24N4O4/c1-10-14(20-7-6-11(9-23)15(24)8-20)5-4-13-16(10)21(12-2-3-12)18(26)22(19)17(13)25/h4-5,11-12,15,23-24H,2-3,6-9,19H2,1H3. The molecule has 0 bridgehead atoms. The molecule has 2 aromatic rings. The monoisotopic (exact) mass is 360 g/mol. The van der Waals surface area contributed by atoms with Gasteiger partial charge in [-0.25, -0.2) is 4.79 Å². The maximum Gasteiger partial charge on any atom is 0.350 e. The van der Waals surface area contributed by atoms with E-state index in [0.29, 0.717) is 35.1 Å². The van der Waals surface area contributed by atoms with Gasteiger partial charge in [0.25, 0.3) is 5.56 Å². The summed E-state index contributed by atoms with van der Waals surface area (Å²) in [5, 5.41) is 20.0. The highest BCUT2D eigenvalue weighted by molar-refractivity contribution is 5.87. The van der Waals surface area contributed by atoms with Crippen LogP contribution in [0.2, 0.25) is 0 Å². The quantitative estimate of drug-likeness (QED) is 0.648. The van der Waals surface area contributed by atoms with Gasteiger partial charge in [-0.2, -0.15) is 4.68 Å². The smallest absolute Gasteiger partial charge is 0.350 e. The van der Waals surface area contributed by atoms with Gasteiger partial charge in [0.05, 0.1) is 17.0 Å². The fourth-order valence-electron chi connectivity index (χ4n) is 4.03. The number of nitrogens with zero attached hydrogens (tertiary/aromatic N) is 3. The lowest BCUT2D eigenvalue weighted by Gasteiger charge is -2.37. The molecule has 8 nitrogen and oxygen atoms in total. The predicted molar refractivity (Wildman–Crippen MR) is 99.0 cm³/mol. The van der Waals surface area contributed by atoms with E-state index in [-0.39, 0.29) is 18.6 Å². The van der Waals surface area contributed by atoms with Crippen molar-refractivity contribution in [3.63, 3.8) is 0 Å². The van der Waals surface area contributed by atoms with Crippen molar-refractivity contribution in [1.29, 1.82) is 0 Å². The fraction of sp³-hybridized carbons (Fsp3) is 0.556. The minimum absolute atomic E-state index is 0.0248. The number of piperidine rings is 1. The van der Waals surface area contributed by atoms with Crippen molar-refractivity contribution in [2.75, 3.05) is 30.4 Å². The number of hydrogen-bond acceptors (Lipinski definition) is 6. The Bertz CT molecular complexity index is 976. The molecule has 2 unspecified atom stereocenters. The molecule has 1 aliphatic heterocycles. The third kappa shape index (κ3) is 2.52. The van der Waals surface area contributed by atoms with Crippen molar-refractivity contribution in [2.24, 2.45) is 5.92 Å². The number of nitrogens with two attached hydrogens (primary N) is 1. The van der Waals surface area contributed by atoms with E-state index in [0.717, 1.165) is 24.1 Å². The Morgan fingerprint density at radius 2 is 1.96 bits per heavy atom. The first kappa shape index (κ1) is 17.1. The van der Waals surface area contributed by atoms with Crippen LogP contribution in [0.1, 0.15) is 30.9 Å². The summed E-state index contributed by atoms with van der Waals surface area (Å²) >= 11 is 0. The van der Waals surface area contributed by atoms with Gasteiger partial charge in [0.2, 0.25) is 0 Å². The minimum Gasteiger partial charge on any atom is -0.396 e. The summed E-state index contributed by atoms with van der Waals surface area (Å²) in [5.41, 5.74) is 1.41.